The lowest BCUT2D eigenvalue weighted by Gasteiger charge is -2.31. The van der Waals surface area contributed by atoms with E-state index >= 15 is 0 Å². The molecule has 20 heavy (non-hydrogen) atoms. The Hall–Kier alpha value is 0.0169. The number of hydrogen-bond donors (Lipinski definition) is 0. The molecular formula is C14H30O5Si. The molecule has 5 nitrogen and oxygen atoms in total. The molecule has 0 spiro atoms. The largest absolute Gasteiger partial charge is 0.501 e. The molecule has 1 aliphatic heterocycles. The van der Waals surface area contributed by atoms with Crippen LogP contribution in [0.1, 0.15) is 41.0 Å². The summed E-state index contributed by atoms with van der Waals surface area (Å²) in [6, 6.07) is 0.791. The monoisotopic (exact) mass is 306 g/mol. The fraction of sp³-hybridized carbons (Fsp3) is 1.00. The van der Waals surface area contributed by atoms with Crippen LogP contribution in [0.5, 0.6) is 0 Å². The first-order valence-corrected chi connectivity index (χ1v) is 9.63. The zero-order chi connectivity index (χ0) is 15.0. The Balaban J connectivity index is 2.42. The molecular weight excluding hydrogens is 276 g/mol. The lowest BCUT2D eigenvalue weighted by atomic mass is 10.3. The molecule has 1 heterocycles. The van der Waals surface area contributed by atoms with Crippen LogP contribution in [0.15, 0.2) is 0 Å². The van der Waals surface area contributed by atoms with Crippen LogP contribution < -0.4 is 0 Å². The van der Waals surface area contributed by atoms with Crippen molar-refractivity contribution in [2.75, 3.05) is 26.4 Å². The van der Waals surface area contributed by atoms with Crippen molar-refractivity contribution in [2.45, 2.75) is 65.4 Å². The summed E-state index contributed by atoms with van der Waals surface area (Å²) in [6.07, 6.45) is 1.47. The van der Waals surface area contributed by atoms with Crippen molar-refractivity contribution in [2.24, 2.45) is 0 Å². The van der Waals surface area contributed by atoms with Gasteiger partial charge in [0.15, 0.2) is 0 Å². The molecule has 0 aromatic carbocycles. The maximum atomic E-state index is 6.02. The molecule has 1 rings (SSSR count). The third-order valence-electron chi connectivity index (χ3n) is 2.97. The standard InChI is InChI=1S/C14H30O5Si/c1-6-17-20(18-7-2,19-12(3)4)9-8-13(5)15-10-14-11-16-14/h12-14H,6-11H2,1-5H3. The second-order valence-electron chi connectivity index (χ2n) is 5.35. The summed E-state index contributed by atoms with van der Waals surface area (Å²) in [6.45, 7) is 12.8. The third-order valence-corrected chi connectivity index (χ3v) is 6.16. The number of hydrogen-bond acceptors (Lipinski definition) is 5. The van der Waals surface area contributed by atoms with E-state index in [2.05, 4.69) is 6.92 Å². The third kappa shape index (κ3) is 7.15. The first-order valence-electron chi connectivity index (χ1n) is 7.70. The molecule has 1 saturated heterocycles. The first kappa shape index (κ1) is 18.1. The molecule has 1 aliphatic rings. The van der Waals surface area contributed by atoms with Crippen LogP contribution >= 0.6 is 0 Å². The SMILES string of the molecule is CCO[Si](CCC(C)OCC1CO1)(OCC)OC(C)C. The minimum Gasteiger partial charge on any atom is -0.376 e. The van der Waals surface area contributed by atoms with Gasteiger partial charge in [-0.2, -0.15) is 0 Å². The summed E-state index contributed by atoms with van der Waals surface area (Å²) >= 11 is 0. The molecule has 0 amide bonds. The van der Waals surface area contributed by atoms with Crippen LogP contribution in [0.3, 0.4) is 0 Å². The van der Waals surface area contributed by atoms with Gasteiger partial charge < -0.3 is 22.8 Å². The van der Waals surface area contributed by atoms with Crippen LogP contribution in [0.2, 0.25) is 6.04 Å². The average Bonchev–Trinajstić information content (AvgIpc) is 3.18. The minimum atomic E-state index is -2.57. The lowest BCUT2D eigenvalue weighted by Crippen LogP contribution is -2.48. The van der Waals surface area contributed by atoms with Gasteiger partial charge in [0.1, 0.15) is 6.10 Å². The zero-order valence-corrected chi connectivity index (χ0v) is 14.5. The highest BCUT2D eigenvalue weighted by atomic mass is 28.4. The molecule has 0 aromatic heterocycles. The zero-order valence-electron chi connectivity index (χ0n) is 13.5. The first-order chi connectivity index (χ1) is 9.51. The fourth-order valence-electron chi connectivity index (χ4n) is 2.01. The van der Waals surface area contributed by atoms with E-state index in [9.17, 15) is 0 Å². The van der Waals surface area contributed by atoms with Crippen molar-refractivity contribution in [3.8, 4) is 0 Å². The maximum absolute atomic E-state index is 6.02. The van der Waals surface area contributed by atoms with Gasteiger partial charge in [-0.15, -0.1) is 0 Å². The highest BCUT2D eigenvalue weighted by molar-refractivity contribution is 6.60. The Morgan fingerprint density at radius 3 is 2.20 bits per heavy atom. The number of epoxide rings is 1. The summed E-state index contributed by atoms with van der Waals surface area (Å²) in [5, 5.41) is 0. The lowest BCUT2D eigenvalue weighted by molar-refractivity contribution is 0.0275. The van der Waals surface area contributed by atoms with Crippen molar-refractivity contribution in [1.82, 2.24) is 0 Å². The summed E-state index contributed by atoms with van der Waals surface area (Å²) < 4.78 is 28.7. The molecule has 0 radical (unpaired) electrons. The molecule has 2 unspecified atom stereocenters. The molecule has 1 fully saturated rings. The average molecular weight is 306 g/mol. The molecule has 0 saturated carbocycles. The summed E-state index contributed by atoms with van der Waals surface area (Å²) in [5.74, 6) is 0. The normalized spacial score (nSPS) is 20.4. The van der Waals surface area contributed by atoms with E-state index < -0.39 is 8.80 Å². The van der Waals surface area contributed by atoms with Gasteiger partial charge >= 0.3 is 8.80 Å². The Kier molecular flexibility index (Phi) is 8.24. The minimum absolute atomic E-state index is 0.107. The highest BCUT2D eigenvalue weighted by Crippen LogP contribution is 2.22. The Morgan fingerprint density at radius 2 is 1.75 bits per heavy atom. The van der Waals surface area contributed by atoms with Crippen molar-refractivity contribution in [3.05, 3.63) is 0 Å². The van der Waals surface area contributed by atoms with Gasteiger partial charge in [-0.25, -0.2) is 0 Å². The summed E-state index contributed by atoms with van der Waals surface area (Å²) in [5.41, 5.74) is 0. The van der Waals surface area contributed by atoms with Crippen LogP contribution in [0, 0.1) is 0 Å². The predicted molar refractivity (Wildman–Crippen MR) is 79.8 cm³/mol. The number of ether oxygens (including phenoxy) is 2. The van der Waals surface area contributed by atoms with Gasteiger partial charge in [-0.1, -0.05) is 0 Å². The number of rotatable bonds is 12. The van der Waals surface area contributed by atoms with Gasteiger partial charge in [-0.3, -0.25) is 0 Å². The van der Waals surface area contributed by atoms with Crippen LogP contribution in [0.4, 0.5) is 0 Å². The quantitative estimate of drug-likeness (QED) is 0.410. The van der Waals surface area contributed by atoms with Gasteiger partial charge in [0.25, 0.3) is 0 Å². The predicted octanol–water partition coefficient (Wildman–Crippen LogP) is 2.62. The van der Waals surface area contributed by atoms with Crippen LogP contribution in [-0.4, -0.2) is 53.5 Å². The molecule has 0 bridgehead atoms. The van der Waals surface area contributed by atoms with Crippen molar-refractivity contribution >= 4 is 8.80 Å². The van der Waals surface area contributed by atoms with Crippen molar-refractivity contribution < 1.29 is 22.8 Å². The van der Waals surface area contributed by atoms with E-state index in [0.717, 1.165) is 19.1 Å². The molecule has 0 N–H and O–H groups in total. The maximum Gasteiger partial charge on any atom is 0.501 e. The van der Waals surface area contributed by atoms with Gasteiger partial charge in [-0.05, 0) is 41.0 Å². The van der Waals surface area contributed by atoms with Crippen LogP contribution in [-0.2, 0) is 22.8 Å². The summed E-state index contributed by atoms with van der Waals surface area (Å²) in [4.78, 5) is 0. The van der Waals surface area contributed by atoms with E-state index in [4.69, 9.17) is 22.8 Å². The van der Waals surface area contributed by atoms with E-state index in [1.165, 1.54) is 0 Å². The molecule has 2 atom stereocenters. The van der Waals surface area contributed by atoms with E-state index in [1.54, 1.807) is 0 Å². The van der Waals surface area contributed by atoms with E-state index in [-0.39, 0.29) is 12.2 Å². The Bertz CT molecular complexity index is 252. The van der Waals surface area contributed by atoms with Gasteiger partial charge in [0, 0.05) is 25.4 Å². The van der Waals surface area contributed by atoms with Crippen molar-refractivity contribution in [1.29, 1.82) is 0 Å². The van der Waals surface area contributed by atoms with Gasteiger partial charge in [0.05, 0.1) is 19.3 Å². The topological polar surface area (TPSA) is 49.5 Å². The smallest absolute Gasteiger partial charge is 0.376 e. The summed E-state index contributed by atoms with van der Waals surface area (Å²) in [7, 11) is -2.57. The molecule has 6 heteroatoms. The molecule has 0 aliphatic carbocycles. The van der Waals surface area contributed by atoms with Gasteiger partial charge in [0.2, 0.25) is 0 Å². The molecule has 0 aromatic rings. The Labute approximate surface area is 124 Å². The van der Waals surface area contributed by atoms with Crippen molar-refractivity contribution in [3.63, 3.8) is 0 Å². The fourth-order valence-corrected chi connectivity index (χ4v) is 5.00. The molecule has 120 valence electrons. The van der Waals surface area contributed by atoms with E-state index in [0.29, 0.717) is 25.9 Å². The highest BCUT2D eigenvalue weighted by Gasteiger charge is 2.41. The second-order valence-corrected chi connectivity index (χ2v) is 8.03. The Morgan fingerprint density at radius 1 is 1.15 bits per heavy atom. The van der Waals surface area contributed by atoms with Crippen LogP contribution in [0.25, 0.3) is 0 Å². The van der Waals surface area contributed by atoms with E-state index in [1.807, 2.05) is 27.7 Å². The second kappa shape index (κ2) is 9.12.